The molecule has 1 N–H and O–H groups in total. The van der Waals surface area contributed by atoms with E-state index in [2.05, 4.69) is 30.2 Å². The van der Waals surface area contributed by atoms with Crippen LogP contribution in [0.15, 0.2) is 41.1 Å². The van der Waals surface area contributed by atoms with Gasteiger partial charge >= 0.3 is 12.2 Å². The molecule has 0 amide bonds. The minimum atomic E-state index is -4.50. The van der Waals surface area contributed by atoms with Crippen LogP contribution in [-0.2, 0) is 13.1 Å². The predicted molar refractivity (Wildman–Crippen MR) is 114 cm³/mol. The predicted octanol–water partition coefficient (Wildman–Crippen LogP) is 3.04. The summed E-state index contributed by atoms with van der Waals surface area (Å²) in [5, 5.41) is 2.97. The molecule has 1 fully saturated rings. The molecular formula is C21H24F3N7O2. The number of nitrogens with zero attached hydrogens (tertiary/aromatic N) is 6. The highest BCUT2D eigenvalue weighted by Gasteiger charge is 2.29. The zero-order valence-corrected chi connectivity index (χ0v) is 18.0. The SMILES string of the molecule is Cc1ccc(CNc2nc(OCC(F)(F)F)nc(N3CCN(Cc4cccnc4)CC3)n2)o1. The summed E-state index contributed by atoms with van der Waals surface area (Å²) < 4.78 is 48.2. The van der Waals surface area contributed by atoms with Crippen LogP contribution < -0.4 is 15.0 Å². The molecule has 3 aromatic rings. The number of aromatic nitrogens is 4. The summed E-state index contributed by atoms with van der Waals surface area (Å²) in [6.45, 7) is 4.10. The molecule has 1 aliphatic rings. The Morgan fingerprint density at radius 3 is 2.58 bits per heavy atom. The Morgan fingerprint density at radius 2 is 1.91 bits per heavy atom. The van der Waals surface area contributed by atoms with Crippen molar-refractivity contribution < 1.29 is 22.3 Å². The van der Waals surface area contributed by atoms with Crippen LogP contribution in [0, 0.1) is 6.92 Å². The first-order valence-corrected chi connectivity index (χ1v) is 10.4. The molecule has 33 heavy (non-hydrogen) atoms. The van der Waals surface area contributed by atoms with Gasteiger partial charge in [0.2, 0.25) is 11.9 Å². The van der Waals surface area contributed by atoms with Crippen LogP contribution in [0.4, 0.5) is 25.1 Å². The van der Waals surface area contributed by atoms with Crippen molar-refractivity contribution in [1.82, 2.24) is 24.8 Å². The number of hydrogen-bond donors (Lipinski definition) is 1. The molecule has 1 saturated heterocycles. The highest BCUT2D eigenvalue weighted by Crippen LogP contribution is 2.21. The van der Waals surface area contributed by atoms with E-state index in [0.29, 0.717) is 18.8 Å². The van der Waals surface area contributed by atoms with Crippen LogP contribution in [0.5, 0.6) is 6.01 Å². The molecule has 0 atom stereocenters. The average molecular weight is 463 g/mol. The summed E-state index contributed by atoms with van der Waals surface area (Å²) in [5.74, 6) is 1.78. The number of piperazine rings is 1. The minimum Gasteiger partial charge on any atom is -0.465 e. The van der Waals surface area contributed by atoms with Crippen molar-refractivity contribution in [3.05, 3.63) is 53.7 Å². The molecule has 12 heteroatoms. The molecule has 0 radical (unpaired) electrons. The highest BCUT2D eigenvalue weighted by molar-refractivity contribution is 5.39. The lowest BCUT2D eigenvalue weighted by molar-refractivity contribution is -0.154. The maximum atomic E-state index is 12.6. The Hall–Kier alpha value is -3.41. The second-order valence-electron chi connectivity index (χ2n) is 7.64. The van der Waals surface area contributed by atoms with E-state index in [1.54, 1.807) is 12.3 Å². The lowest BCUT2D eigenvalue weighted by Crippen LogP contribution is -2.46. The van der Waals surface area contributed by atoms with Gasteiger partial charge < -0.3 is 19.4 Å². The summed E-state index contributed by atoms with van der Waals surface area (Å²) in [7, 11) is 0. The lowest BCUT2D eigenvalue weighted by atomic mass is 10.2. The topological polar surface area (TPSA) is 92.4 Å². The molecule has 176 valence electrons. The number of anilines is 2. The Balaban J connectivity index is 1.43. The van der Waals surface area contributed by atoms with Gasteiger partial charge in [-0.25, -0.2) is 0 Å². The van der Waals surface area contributed by atoms with Crippen LogP contribution in [0.2, 0.25) is 0 Å². The fourth-order valence-corrected chi connectivity index (χ4v) is 3.38. The van der Waals surface area contributed by atoms with Crippen LogP contribution in [-0.4, -0.2) is 63.8 Å². The van der Waals surface area contributed by atoms with Crippen molar-refractivity contribution in [2.75, 3.05) is 43.0 Å². The van der Waals surface area contributed by atoms with Gasteiger partial charge in [0.05, 0.1) is 6.54 Å². The van der Waals surface area contributed by atoms with Gasteiger partial charge in [-0.3, -0.25) is 9.88 Å². The normalized spacial score (nSPS) is 15.0. The summed E-state index contributed by atoms with van der Waals surface area (Å²) in [6.07, 6.45) is -0.926. The summed E-state index contributed by atoms with van der Waals surface area (Å²) in [6, 6.07) is 7.16. The molecule has 4 heterocycles. The molecule has 1 aliphatic heterocycles. The van der Waals surface area contributed by atoms with Gasteiger partial charge in [0.1, 0.15) is 11.5 Å². The molecule has 0 aliphatic carbocycles. The summed E-state index contributed by atoms with van der Waals surface area (Å²) >= 11 is 0. The maximum absolute atomic E-state index is 12.6. The van der Waals surface area contributed by atoms with Crippen molar-refractivity contribution in [2.24, 2.45) is 0 Å². The van der Waals surface area contributed by atoms with E-state index in [1.165, 1.54) is 0 Å². The quantitative estimate of drug-likeness (QED) is 0.541. The van der Waals surface area contributed by atoms with E-state index in [0.717, 1.165) is 31.0 Å². The third kappa shape index (κ3) is 6.78. The van der Waals surface area contributed by atoms with Crippen molar-refractivity contribution in [2.45, 2.75) is 26.2 Å². The fraction of sp³-hybridized carbons (Fsp3) is 0.429. The number of halogens is 3. The van der Waals surface area contributed by atoms with Crippen molar-refractivity contribution in [1.29, 1.82) is 0 Å². The monoisotopic (exact) mass is 463 g/mol. The third-order valence-electron chi connectivity index (χ3n) is 4.97. The second kappa shape index (κ2) is 10.0. The van der Waals surface area contributed by atoms with Crippen LogP contribution in [0.1, 0.15) is 17.1 Å². The first kappa shape index (κ1) is 22.8. The standard InChI is InChI=1S/C21H24F3N7O2/c1-15-4-5-17(33-15)12-26-18-27-19(29-20(28-18)32-14-21(22,23)24)31-9-7-30(8-10-31)13-16-3-2-6-25-11-16/h2-6,11H,7-10,12-14H2,1H3,(H,26,27,28,29). The Labute approximate surface area is 188 Å². The van der Waals surface area contributed by atoms with Gasteiger partial charge in [-0.15, -0.1) is 0 Å². The molecule has 0 aromatic carbocycles. The molecule has 0 unspecified atom stereocenters. The van der Waals surface area contributed by atoms with E-state index >= 15 is 0 Å². The number of nitrogens with one attached hydrogen (secondary N) is 1. The summed E-state index contributed by atoms with van der Waals surface area (Å²) in [5.41, 5.74) is 1.12. The molecule has 3 aromatic heterocycles. The smallest absolute Gasteiger partial charge is 0.422 e. The molecule has 0 spiro atoms. The fourth-order valence-electron chi connectivity index (χ4n) is 3.38. The van der Waals surface area contributed by atoms with Gasteiger partial charge in [-0.2, -0.15) is 28.1 Å². The van der Waals surface area contributed by atoms with Crippen LogP contribution >= 0.6 is 0 Å². The molecule has 9 nitrogen and oxygen atoms in total. The summed E-state index contributed by atoms with van der Waals surface area (Å²) in [4.78, 5) is 20.8. The van der Waals surface area contributed by atoms with Gasteiger partial charge in [0.25, 0.3) is 0 Å². The van der Waals surface area contributed by atoms with Crippen molar-refractivity contribution in [3.8, 4) is 6.01 Å². The molecule has 4 rings (SSSR count). The van der Waals surface area contributed by atoms with Gasteiger partial charge in [-0.05, 0) is 30.7 Å². The number of aryl methyl sites for hydroxylation is 1. The molecular weight excluding hydrogens is 439 g/mol. The van der Waals surface area contributed by atoms with E-state index in [4.69, 9.17) is 9.15 Å². The Kier molecular flexibility index (Phi) is 6.92. The zero-order valence-electron chi connectivity index (χ0n) is 18.0. The maximum Gasteiger partial charge on any atom is 0.422 e. The number of furan rings is 1. The first-order valence-electron chi connectivity index (χ1n) is 10.4. The molecule has 0 saturated carbocycles. The average Bonchev–Trinajstić information content (AvgIpc) is 3.22. The number of ether oxygens (including phenoxy) is 1. The number of hydrogen-bond acceptors (Lipinski definition) is 9. The van der Waals surface area contributed by atoms with E-state index in [9.17, 15) is 13.2 Å². The van der Waals surface area contributed by atoms with Crippen LogP contribution in [0.3, 0.4) is 0 Å². The highest BCUT2D eigenvalue weighted by atomic mass is 19.4. The largest absolute Gasteiger partial charge is 0.465 e. The lowest BCUT2D eigenvalue weighted by Gasteiger charge is -2.34. The first-order chi connectivity index (χ1) is 15.8. The number of rotatable bonds is 8. The van der Waals surface area contributed by atoms with Crippen molar-refractivity contribution >= 4 is 11.9 Å². The Bertz CT molecular complexity index is 1040. The van der Waals surface area contributed by atoms with E-state index < -0.39 is 12.8 Å². The van der Waals surface area contributed by atoms with E-state index in [1.807, 2.05) is 36.2 Å². The van der Waals surface area contributed by atoms with E-state index in [-0.39, 0.29) is 24.5 Å². The van der Waals surface area contributed by atoms with Gasteiger partial charge in [-0.1, -0.05) is 6.07 Å². The van der Waals surface area contributed by atoms with Gasteiger partial charge in [0.15, 0.2) is 6.61 Å². The minimum absolute atomic E-state index is 0.115. The second-order valence-corrected chi connectivity index (χ2v) is 7.64. The van der Waals surface area contributed by atoms with Crippen LogP contribution in [0.25, 0.3) is 0 Å². The zero-order chi connectivity index (χ0) is 23.3. The third-order valence-corrected chi connectivity index (χ3v) is 4.97. The Morgan fingerprint density at radius 1 is 1.09 bits per heavy atom. The number of alkyl halides is 3. The molecule has 0 bridgehead atoms. The van der Waals surface area contributed by atoms with Gasteiger partial charge in [0, 0.05) is 45.1 Å². The van der Waals surface area contributed by atoms with Crippen molar-refractivity contribution in [3.63, 3.8) is 0 Å². The number of pyridine rings is 1.